The maximum absolute atomic E-state index is 13.3. The molecule has 0 saturated heterocycles. The summed E-state index contributed by atoms with van der Waals surface area (Å²) < 4.78 is 13.3. The third-order valence-corrected chi connectivity index (χ3v) is 3.47. The zero-order chi connectivity index (χ0) is 16.7. The molecule has 0 heterocycles. The summed E-state index contributed by atoms with van der Waals surface area (Å²) in [6.45, 7) is 10.9. The first-order valence-electron chi connectivity index (χ1n) is 7.74. The number of nitrogens with two attached hydrogens (primary N) is 1. The topological polar surface area (TPSA) is 38.0 Å². The first kappa shape index (κ1) is 18.0. The van der Waals surface area contributed by atoms with Crippen molar-refractivity contribution in [2.45, 2.75) is 41.0 Å². The molecular weight excluding hydrogens is 275 g/mol. The van der Waals surface area contributed by atoms with Crippen molar-refractivity contribution in [3.05, 3.63) is 64.3 Å². The van der Waals surface area contributed by atoms with Crippen molar-refractivity contribution in [1.82, 2.24) is 5.32 Å². The zero-order valence-electron chi connectivity index (χ0n) is 14.3. The third-order valence-electron chi connectivity index (χ3n) is 3.47. The smallest absolute Gasteiger partial charge is 0.123 e. The molecule has 0 aromatic heterocycles. The highest BCUT2D eigenvalue weighted by Crippen LogP contribution is 2.23. The molecule has 0 unspecified atom stereocenters. The van der Waals surface area contributed by atoms with Crippen molar-refractivity contribution >= 4 is 5.57 Å². The van der Waals surface area contributed by atoms with E-state index >= 15 is 0 Å². The van der Waals surface area contributed by atoms with E-state index in [1.54, 1.807) is 6.07 Å². The van der Waals surface area contributed by atoms with Crippen molar-refractivity contribution in [2.75, 3.05) is 6.54 Å². The predicted octanol–water partition coefficient (Wildman–Crippen LogP) is 4.67. The molecule has 0 aliphatic heterocycles. The van der Waals surface area contributed by atoms with Crippen LogP contribution in [0.1, 0.15) is 45.2 Å². The molecule has 1 aromatic carbocycles. The molecule has 0 saturated carbocycles. The highest BCUT2D eigenvalue weighted by Gasteiger charge is 2.05. The van der Waals surface area contributed by atoms with Gasteiger partial charge in [0, 0.05) is 17.9 Å². The maximum Gasteiger partial charge on any atom is 0.123 e. The Morgan fingerprint density at radius 3 is 2.41 bits per heavy atom. The minimum absolute atomic E-state index is 0.199. The first-order chi connectivity index (χ1) is 10.4. The molecule has 0 amide bonds. The van der Waals surface area contributed by atoms with Crippen LogP contribution in [-0.2, 0) is 0 Å². The van der Waals surface area contributed by atoms with Crippen molar-refractivity contribution < 1.29 is 4.39 Å². The minimum Gasteiger partial charge on any atom is -0.402 e. The lowest BCUT2D eigenvalue weighted by Crippen LogP contribution is -2.14. The van der Waals surface area contributed by atoms with E-state index < -0.39 is 0 Å². The monoisotopic (exact) mass is 302 g/mol. The highest BCUT2D eigenvalue weighted by molar-refractivity contribution is 5.69. The van der Waals surface area contributed by atoms with E-state index in [-0.39, 0.29) is 5.82 Å². The van der Waals surface area contributed by atoms with E-state index in [1.807, 2.05) is 26.0 Å². The summed E-state index contributed by atoms with van der Waals surface area (Å²) in [7, 11) is 0. The zero-order valence-corrected chi connectivity index (χ0v) is 14.3. The molecular formula is C19H27FN2. The Morgan fingerprint density at radius 2 is 1.91 bits per heavy atom. The summed E-state index contributed by atoms with van der Waals surface area (Å²) in [5.74, 6) is -0.199. The predicted molar refractivity (Wildman–Crippen MR) is 93.7 cm³/mol. The standard InChI is InChI=1S/C19H27FN2/c1-6-16(19(22-7-2)12-15(5)21)10-13(3)18-9-8-17(20)11-14(18)4/h8-12,22H,6-7,21H2,1-5H3/b13-10+,15-12-,19-16-. The number of nitrogens with one attached hydrogen (secondary N) is 1. The van der Waals surface area contributed by atoms with Crippen LogP contribution in [0.2, 0.25) is 0 Å². The second-order valence-electron chi connectivity index (χ2n) is 5.50. The lowest BCUT2D eigenvalue weighted by molar-refractivity contribution is 0.626. The molecule has 0 bridgehead atoms. The number of hydrogen-bond acceptors (Lipinski definition) is 2. The van der Waals surface area contributed by atoms with Gasteiger partial charge in [0.15, 0.2) is 0 Å². The molecule has 2 nitrogen and oxygen atoms in total. The Labute approximate surface area is 133 Å². The van der Waals surface area contributed by atoms with Crippen LogP contribution in [0.4, 0.5) is 4.39 Å². The van der Waals surface area contributed by atoms with E-state index in [2.05, 4.69) is 32.2 Å². The molecule has 3 N–H and O–H groups in total. The lowest BCUT2D eigenvalue weighted by Gasteiger charge is -2.13. The number of hydrogen-bond donors (Lipinski definition) is 2. The molecule has 1 rings (SSSR count). The number of likely N-dealkylation sites (N-methyl/N-ethyl adjacent to an activating group) is 1. The first-order valence-corrected chi connectivity index (χ1v) is 7.74. The second kappa shape index (κ2) is 8.42. The summed E-state index contributed by atoms with van der Waals surface area (Å²) in [5.41, 5.74) is 12.0. The van der Waals surface area contributed by atoms with Gasteiger partial charge in [0.05, 0.1) is 0 Å². The summed E-state index contributed by atoms with van der Waals surface area (Å²) in [4.78, 5) is 0. The van der Waals surface area contributed by atoms with Gasteiger partial charge in [0.1, 0.15) is 5.82 Å². The van der Waals surface area contributed by atoms with Crippen LogP contribution in [0.15, 0.2) is 47.3 Å². The number of allylic oxidation sites excluding steroid dienone is 5. The summed E-state index contributed by atoms with van der Waals surface area (Å²) in [6, 6.07) is 4.90. The molecule has 1 aromatic rings. The number of benzene rings is 1. The Kier molecular flexibility index (Phi) is 6.90. The van der Waals surface area contributed by atoms with Gasteiger partial charge in [-0.05, 0) is 74.6 Å². The average Bonchev–Trinajstić information content (AvgIpc) is 2.43. The fourth-order valence-electron chi connectivity index (χ4n) is 2.45. The SMILES string of the molecule is CCNC(/C=C(/C)N)=C(\C=C(/C)c1ccc(F)cc1C)CC. The summed E-state index contributed by atoms with van der Waals surface area (Å²) >= 11 is 0. The van der Waals surface area contributed by atoms with Crippen molar-refractivity contribution in [3.8, 4) is 0 Å². The van der Waals surface area contributed by atoms with E-state index in [4.69, 9.17) is 5.73 Å². The van der Waals surface area contributed by atoms with Gasteiger partial charge in [-0.2, -0.15) is 0 Å². The van der Waals surface area contributed by atoms with Crippen LogP contribution in [0, 0.1) is 12.7 Å². The van der Waals surface area contributed by atoms with Gasteiger partial charge in [-0.15, -0.1) is 0 Å². The van der Waals surface area contributed by atoms with Crippen LogP contribution < -0.4 is 11.1 Å². The van der Waals surface area contributed by atoms with Gasteiger partial charge < -0.3 is 11.1 Å². The molecule has 22 heavy (non-hydrogen) atoms. The Bertz CT molecular complexity index is 606. The normalized spacial score (nSPS) is 13.9. The number of halogens is 1. The van der Waals surface area contributed by atoms with E-state index in [0.29, 0.717) is 0 Å². The van der Waals surface area contributed by atoms with Gasteiger partial charge in [-0.3, -0.25) is 0 Å². The van der Waals surface area contributed by atoms with Crippen LogP contribution in [0.5, 0.6) is 0 Å². The third kappa shape index (κ3) is 5.06. The van der Waals surface area contributed by atoms with Crippen molar-refractivity contribution in [3.63, 3.8) is 0 Å². The van der Waals surface area contributed by atoms with Gasteiger partial charge in [-0.25, -0.2) is 4.39 Å². The van der Waals surface area contributed by atoms with Crippen LogP contribution in [0.3, 0.4) is 0 Å². The van der Waals surface area contributed by atoms with E-state index in [9.17, 15) is 4.39 Å². The van der Waals surface area contributed by atoms with E-state index in [1.165, 1.54) is 11.6 Å². The van der Waals surface area contributed by atoms with Crippen LogP contribution >= 0.6 is 0 Å². The quantitative estimate of drug-likeness (QED) is 0.749. The molecule has 0 spiro atoms. The molecule has 120 valence electrons. The summed E-state index contributed by atoms with van der Waals surface area (Å²) in [6.07, 6.45) is 5.00. The van der Waals surface area contributed by atoms with Crippen molar-refractivity contribution in [1.29, 1.82) is 0 Å². The van der Waals surface area contributed by atoms with Gasteiger partial charge in [-0.1, -0.05) is 19.1 Å². The fraction of sp³-hybridized carbons (Fsp3) is 0.368. The molecule has 0 radical (unpaired) electrons. The van der Waals surface area contributed by atoms with Crippen molar-refractivity contribution in [2.24, 2.45) is 5.73 Å². The largest absolute Gasteiger partial charge is 0.402 e. The molecule has 0 atom stereocenters. The fourth-order valence-corrected chi connectivity index (χ4v) is 2.45. The van der Waals surface area contributed by atoms with Gasteiger partial charge in [0.25, 0.3) is 0 Å². The average molecular weight is 302 g/mol. The second-order valence-corrected chi connectivity index (χ2v) is 5.50. The van der Waals surface area contributed by atoms with E-state index in [0.717, 1.165) is 41.1 Å². The highest BCUT2D eigenvalue weighted by atomic mass is 19.1. The summed E-state index contributed by atoms with van der Waals surface area (Å²) in [5, 5.41) is 3.36. The molecule has 3 heteroatoms. The molecule has 0 aliphatic rings. The molecule has 0 aliphatic carbocycles. The Morgan fingerprint density at radius 1 is 1.23 bits per heavy atom. The lowest BCUT2D eigenvalue weighted by atomic mass is 9.98. The molecule has 0 fully saturated rings. The van der Waals surface area contributed by atoms with Crippen LogP contribution in [-0.4, -0.2) is 6.54 Å². The minimum atomic E-state index is -0.199. The van der Waals surface area contributed by atoms with Gasteiger partial charge in [0.2, 0.25) is 0 Å². The number of rotatable bonds is 6. The maximum atomic E-state index is 13.3. The Hall–Kier alpha value is -2.03. The van der Waals surface area contributed by atoms with Crippen LogP contribution in [0.25, 0.3) is 5.57 Å². The Balaban J connectivity index is 3.31. The van der Waals surface area contributed by atoms with Gasteiger partial charge >= 0.3 is 0 Å². The number of aryl methyl sites for hydroxylation is 1.